The van der Waals surface area contributed by atoms with Gasteiger partial charge < -0.3 is 5.32 Å². The zero-order valence-electron chi connectivity index (χ0n) is 13.1. The third-order valence-corrected chi connectivity index (χ3v) is 5.89. The van der Waals surface area contributed by atoms with Crippen LogP contribution >= 0.6 is 0 Å². The van der Waals surface area contributed by atoms with E-state index in [0.717, 1.165) is 30.7 Å². The van der Waals surface area contributed by atoms with Crippen LogP contribution in [0.3, 0.4) is 0 Å². The van der Waals surface area contributed by atoms with E-state index in [9.17, 15) is 0 Å². The molecule has 1 saturated carbocycles. The summed E-state index contributed by atoms with van der Waals surface area (Å²) in [5, 5.41) is 3.71. The molecule has 1 aliphatic carbocycles. The van der Waals surface area contributed by atoms with E-state index in [4.69, 9.17) is 0 Å². The van der Waals surface area contributed by atoms with Crippen molar-refractivity contribution >= 4 is 0 Å². The first kappa shape index (κ1) is 13.9. The maximum atomic E-state index is 3.71. The number of hydrogen-bond acceptors (Lipinski definition) is 2. The molecule has 2 aliphatic heterocycles. The molecule has 3 rings (SSSR count). The number of rotatable bonds is 3. The molecule has 2 saturated heterocycles. The Morgan fingerprint density at radius 3 is 2.26 bits per heavy atom. The number of fused-ring (bicyclic) bond motifs is 2. The largest absolute Gasteiger partial charge is 0.314 e. The van der Waals surface area contributed by atoms with Gasteiger partial charge in [0, 0.05) is 24.2 Å². The van der Waals surface area contributed by atoms with Gasteiger partial charge >= 0.3 is 0 Å². The van der Waals surface area contributed by atoms with Gasteiger partial charge in [-0.05, 0) is 56.9 Å². The number of nitrogens with zero attached hydrogens (tertiary/aromatic N) is 1. The highest BCUT2D eigenvalue weighted by molar-refractivity contribution is 5.00. The summed E-state index contributed by atoms with van der Waals surface area (Å²) in [6, 6.07) is 3.46. The molecule has 1 N–H and O–H groups in total. The van der Waals surface area contributed by atoms with Crippen molar-refractivity contribution in [1.29, 1.82) is 0 Å². The van der Waals surface area contributed by atoms with Gasteiger partial charge in [0.2, 0.25) is 0 Å². The van der Waals surface area contributed by atoms with Crippen LogP contribution in [0.15, 0.2) is 0 Å². The zero-order valence-corrected chi connectivity index (χ0v) is 13.1. The van der Waals surface area contributed by atoms with Gasteiger partial charge in [0.05, 0.1) is 0 Å². The molecule has 3 atom stereocenters. The molecule has 3 aliphatic rings. The number of piperidine rings is 2. The van der Waals surface area contributed by atoms with Gasteiger partial charge in [-0.2, -0.15) is 0 Å². The molecule has 0 aromatic heterocycles. The molecule has 2 bridgehead atoms. The molecule has 2 heterocycles. The van der Waals surface area contributed by atoms with E-state index < -0.39 is 0 Å². The van der Waals surface area contributed by atoms with Crippen LogP contribution < -0.4 is 5.32 Å². The van der Waals surface area contributed by atoms with Crippen LogP contribution in [0.25, 0.3) is 0 Å². The van der Waals surface area contributed by atoms with E-state index in [0.29, 0.717) is 5.41 Å². The summed E-state index contributed by atoms with van der Waals surface area (Å²) in [5.74, 6) is 0. The molecule has 2 nitrogen and oxygen atoms in total. The molecule has 3 unspecified atom stereocenters. The third-order valence-electron chi connectivity index (χ3n) is 5.89. The molecule has 0 spiro atoms. The van der Waals surface area contributed by atoms with Crippen molar-refractivity contribution in [3.63, 3.8) is 0 Å². The highest BCUT2D eigenvalue weighted by Crippen LogP contribution is 2.45. The number of nitrogens with one attached hydrogen (secondary N) is 1. The average Bonchev–Trinajstić information content (AvgIpc) is 2.69. The maximum Gasteiger partial charge on any atom is 0.0116 e. The first-order valence-corrected chi connectivity index (χ1v) is 8.60. The third kappa shape index (κ3) is 2.85. The lowest BCUT2D eigenvalue weighted by Crippen LogP contribution is -2.59. The van der Waals surface area contributed by atoms with Crippen LogP contribution in [0.1, 0.15) is 72.1 Å². The molecule has 0 amide bonds. The van der Waals surface area contributed by atoms with Gasteiger partial charge in [-0.25, -0.2) is 0 Å². The lowest BCUT2D eigenvalue weighted by molar-refractivity contribution is -0.0113. The van der Waals surface area contributed by atoms with Crippen LogP contribution in [0.5, 0.6) is 0 Å². The van der Waals surface area contributed by atoms with Gasteiger partial charge in [-0.1, -0.05) is 27.2 Å². The van der Waals surface area contributed by atoms with Crippen molar-refractivity contribution < 1.29 is 0 Å². The first-order valence-electron chi connectivity index (χ1n) is 8.60. The summed E-state index contributed by atoms with van der Waals surface area (Å²) >= 11 is 0. The summed E-state index contributed by atoms with van der Waals surface area (Å²) < 4.78 is 0. The molecule has 3 fully saturated rings. The predicted octanol–water partition coefficient (Wildman–Crippen LogP) is 3.56. The molecule has 0 radical (unpaired) electrons. The van der Waals surface area contributed by atoms with E-state index in [-0.39, 0.29) is 0 Å². The Morgan fingerprint density at radius 2 is 1.74 bits per heavy atom. The van der Waals surface area contributed by atoms with Crippen LogP contribution in [0, 0.1) is 5.41 Å². The van der Waals surface area contributed by atoms with Gasteiger partial charge in [0.25, 0.3) is 0 Å². The van der Waals surface area contributed by atoms with Gasteiger partial charge in [0.1, 0.15) is 0 Å². The second-order valence-corrected chi connectivity index (χ2v) is 7.97. The van der Waals surface area contributed by atoms with Gasteiger partial charge in [-0.3, -0.25) is 4.90 Å². The van der Waals surface area contributed by atoms with Crippen LogP contribution in [-0.2, 0) is 0 Å². The van der Waals surface area contributed by atoms with Crippen molar-refractivity contribution in [3.8, 4) is 0 Å². The lowest BCUT2D eigenvalue weighted by atomic mass is 9.80. The minimum Gasteiger partial charge on any atom is -0.314 e. The molecular formula is C17H32N2. The standard InChI is InChI=1S/C17H32N2/c1-4-18-13-10-14-6-5-7-15(11-13)19(14)16-8-9-17(2,3)12-16/h13-16,18H,4-12H2,1-3H3. The molecule has 0 aromatic carbocycles. The predicted molar refractivity (Wildman–Crippen MR) is 81.4 cm³/mol. The Morgan fingerprint density at radius 1 is 1.05 bits per heavy atom. The highest BCUT2D eigenvalue weighted by Gasteiger charge is 2.44. The van der Waals surface area contributed by atoms with Crippen molar-refractivity contribution in [2.75, 3.05) is 6.54 Å². The minimum atomic E-state index is 0.595. The fraction of sp³-hybridized carbons (Fsp3) is 1.00. The summed E-state index contributed by atoms with van der Waals surface area (Å²) in [6.07, 6.45) is 11.5. The highest BCUT2D eigenvalue weighted by atomic mass is 15.2. The van der Waals surface area contributed by atoms with E-state index in [2.05, 4.69) is 31.0 Å². The van der Waals surface area contributed by atoms with Crippen LogP contribution in [-0.4, -0.2) is 35.6 Å². The Labute approximate surface area is 119 Å². The van der Waals surface area contributed by atoms with Crippen molar-refractivity contribution in [3.05, 3.63) is 0 Å². The Hall–Kier alpha value is -0.0800. The second-order valence-electron chi connectivity index (χ2n) is 7.97. The molecule has 19 heavy (non-hydrogen) atoms. The molecule has 0 aromatic rings. The summed E-state index contributed by atoms with van der Waals surface area (Å²) in [4.78, 5) is 2.98. The fourth-order valence-corrected chi connectivity index (χ4v) is 5.12. The van der Waals surface area contributed by atoms with E-state index in [1.165, 1.54) is 51.4 Å². The second kappa shape index (κ2) is 5.37. The molecular weight excluding hydrogens is 232 g/mol. The summed E-state index contributed by atoms with van der Waals surface area (Å²) in [6.45, 7) is 8.32. The quantitative estimate of drug-likeness (QED) is 0.838. The SMILES string of the molecule is CCNC1CC2CCCC(C1)N2C1CCC(C)(C)C1. The fourth-order valence-electron chi connectivity index (χ4n) is 5.12. The Bertz CT molecular complexity index is 298. The Kier molecular flexibility index (Phi) is 3.92. The maximum absolute atomic E-state index is 3.71. The summed E-state index contributed by atoms with van der Waals surface area (Å²) in [7, 11) is 0. The lowest BCUT2D eigenvalue weighted by Gasteiger charge is -2.52. The minimum absolute atomic E-state index is 0.595. The normalized spacial score (nSPS) is 42.5. The van der Waals surface area contributed by atoms with Crippen molar-refractivity contribution in [2.24, 2.45) is 5.41 Å². The van der Waals surface area contributed by atoms with Crippen molar-refractivity contribution in [2.45, 2.75) is 96.3 Å². The smallest absolute Gasteiger partial charge is 0.0116 e. The zero-order chi connectivity index (χ0) is 13.5. The average molecular weight is 264 g/mol. The monoisotopic (exact) mass is 264 g/mol. The number of hydrogen-bond donors (Lipinski definition) is 1. The topological polar surface area (TPSA) is 15.3 Å². The first-order chi connectivity index (χ1) is 9.09. The summed E-state index contributed by atoms with van der Waals surface area (Å²) in [5.41, 5.74) is 0.595. The van der Waals surface area contributed by atoms with Gasteiger partial charge in [0.15, 0.2) is 0 Å². The van der Waals surface area contributed by atoms with E-state index in [1.54, 1.807) is 0 Å². The van der Waals surface area contributed by atoms with Crippen LogP contribution in [0.4, 0.5) is 0 Å². The van der Waals surface area contributed by atoms with E-state index >= 15 is 0 Å². The van der Waals surface area contributed by atoms with Gasteiger partial charge in [-0.15, -0.1) is 0 Å². The molecule has 2 heteroatoms. The van der Waals surface area contributed by atoms with Crippen LogP contribution in [0.2, 0.25) is 0 Å². The Balaban J connectivity index is 1.69. The van der Waals surface area contributed by atoms with Crippen molar-refractivity contribution in [1.82, 2.24) is 10.2 Å². The molecule has 110 valence electrons. The van der Waals surface area contributed by atoms with E-state index in [1.807, 2.05) is 0 Å².